The number of nitrogens with zero attached hydrogens (tertiary/aromatic N) is 2. The van der Waals surface area contributed by atoms with Crippen molar-refractivity contribution in [3.05, 3.63) is 77.3 Å². The maximum absolute atomic E-state index is 5.34. The maximum atomic E-state index is 5.34. The monoisotopic (exact) mass is 316 g/mol. The topological polar surface area (TPSA) is 31.0 Å². The number of hydrogen-bond donors (Lipinski definition) is 0. The lowest BCUT2D eigenvalue weighted by Crippen LogP contribution is -1.97. The van der Waals surface area contributed by atoms with E-state index in [4.69, 9.17) is 4.52 Å². The van der Waals surface area contributed by atoms with Gasteiger partial charge in [0, 0.05) is 29.2 Å². The quantitative estimate of drug-likeness (QED) is 0.515. The molecule has 0 atom stereocenters. The van der Waals surface area contributed by atoms with Gasteiger partial charge in [-0.1, -0.05) is 47.6 Å². The molecule has 3 nitrogen and oxygen atoms in total. The van der Waals surface area contributed by atoms with Crippen molar-refractivity contribution in [1.82, 2.24) is 9.72 Å². The maximum Gasteiger partial charge on any atom is 0.141 e. The molecule has 24 heavy (non-hydrogen) atoms. The van der Waals surface area contributed by atoms with Gasteiger partial charge in [-0.3, -0.25) is 0 Å². The first-order valence-electron chi connectivity index (χ1n) is 8.20. The van der Waals surface area contributed by atoms with Crippen LogP contribution in [0.1, 0.15) is 22.6 Å². The van der Waals surface area contributed by atoms with Crippen LogP contribution in [0.4, 0.5) is 0 Å². The zero-order chi connectivity index (χ0) is 16.7. The minimum absolute atomic E-state index is 0.865. The molecule has 0 radical (unpaired) electrons. The van der Waals surface area contributed by atoms with Crippen LogP contribution in [0.5, 0.6) is 0 Å². The Morgan fingerprint density at radius 2 is 1.79 bits per heavy atom. The van der Waals surface area contributed by atoms with Crippen LogP contribution >= 0.6 is 0 Å². The predicted molar refractivity (Wildman–Crippen MR) is 97.2 cm³/mol. The summed E-state index contributed by atoms with van der Waals surface area (Å²) in [4.78, 5) is 0. The fourth-order valence-corrected chi connectivity index (χ4v) is 3.44. The molecule has 0 bridgehead atoms. The van der Waals surface area contributed by atoms with Crippen molar-refractivity contribution < 1.29 is 4.52 Å². The Kier molecular flexibility index (Phi) is 3.49. The van der Waals surface area contributed by atoms with Crippen molar-refractivity contribution in [2.24, 2.45) is 0 Å². The number of hydrogen-bond acceptors (Lipinski definition) is 2. The Morgan fingerprint density at radius 1 is 1.00 bits per heavy atom. The first-order valence-corrected chi connectivity index (χ1v) is 8.20. The van der Waals surface area contributed by atoms with Gasteiger partial charge >= 0.3 is 0 Å². The van der Waals surface area contributed by atoms with Gasteiger partial charge in [0.25, 0.3) is 0 Å². The molecule has 2 aromatic heterocycles. The molecule has 0 unspecified atom stereocenters. The standard InChI is InChI=1S/C21H20N2O/c1-14-12-23(13-17-7-5-4-6-8-17)20-11-18(9-10-19(14)20)21-15(2)22-24-16(21)3/h4-12H,13H2,1-3H3. The minimum atomic E-state index is 0.865. The van der Waals surface area contributed by atoms with Gasteiger partial charge in [0.15, 0.2) is 0 Å². The van der Waals surface area contributed by atoms with E-state index in [1.165, 1.54) is 22.0 Å². The Morgan fingerprint density at radius 3 is 2.50 bits per heavy atom. The van der Waals surface area contributed by atoms with E-state index in [9.17, 15) is 0 Å². The fraction of sp³-hybridized carbons (Fsp3) is 0.190. The molecule has 0 N–H and O–H groups in total. The zero-order valence-corrected chi connectivity index (χ0v) is 14.2. The van der Waals surface area contributed by atoms with E-state index in [0.29, 0.717) is 0 Å². The van der Waals surface area contributed by atoms with Gasteiger partial charge < -0.3 is 9.09 Å². The minimum Gasteiger partial charge on any atom is -0.361 e. The molecule has 2 aromatic carbocycles. The second-order valence-electron chi connectivity index (χ2n) is 6.36. The predicted octanol–water partition coefficient (Wildman–Crippen LogP) is 5.27. The van der Waals surface area contributed by atoms with E-state index in [0.717, 1.165) is 29.1 Å². The van der Waals surface area contributed by atoms with Crippen molar-refractivity contribution in [3.63, 3.8) is 0 Å². The highest BCUT2D eigenvalue weighted by Gasteiger charge is 2.14. The molecule has 0 saturated heterocycles. The molecule has 0 aliphatic rings. The average Bonchev–Trinajstić information content (AvgIpc) is 3.08. The lowest BCUT2D eigenvalue weighted by Gasteiger charge is -2.07. The fourth-order valence-electron chi connectivity index (χ4n) is 3.44. The van der Waals surface area contributed by atoms with Crippen LogP contribution < -0.4 is 0 Å². The van der Waals surface area contributed by atoms with Crippen molar-refractivity contribution in [1.29, 1.82) is 0 Å². The summed E-state index contributed by atoms with van der Waals surface area (Å²) < 4.78 is 7.66. The number of fused-ring (bicyclic) bond motifs is 1. The van der Waals surface area contributed by atoms with Crippen LogP contribution in [0.2, 0.25) is 0 Å². The van der Waals surface area contributed by atoms with E-state index in [2.05, 4.69) is 71.4 Å². The highest BCUT2D eigenvalue weighted by molar-refractivity contribution is 5.88. The molecule has 0 spiro atoms. The Bertz CT molecular complexity index is 990. The average molecular weight is 316 g/mol. The summed E-state index contributed by atoms with van der Waals surface area (Å²) in [5.74, 6) is 0.865. The Balaban J connectivity index is 1.85. The van der Waals surface area contributed by atoms with Crippen LogP contribution in [-0.2, 0) is 6.54 Å². The first-order chi connectivity index (χ1) is 11.6. The van der Waals surface area contributed by atoms with E-state index < -0.39 is 0 Å². The van der Waals surface area contributed by atoms with Gasteiger partial charge in [-0.25, -0.2) is 0 Å². The largest absolute Gasteiger partial charge is 0.361 e. The lowest BCUT2D eigenvalue weighted by molar-refractivity contribution is 0.393. The number of aromatic nitrogens is 2. The molecular weight excluding hydrogens is 296 g/mol. The molecule has 4 rings (SSSR count). The number of rotatable bonds is 3. The van der Waals surface area contributed by atoms with E-state index in [-0.39, 0.29) is 0 Å². The molecule has 0 saturated carbocycles. The van der Waals surface area contributed by atoms with Crippen molar-refractivity contribution in [2.45, 2.75) is 27.3 Å². The molecule has 3 heteroatoms. The molecule has 0 aliphatic carbocycles. The third-order valence-corrected chi connectivity index (χ3v) is 4.60. The van der Waals surface area contributed by atoms with Gasteiger partial charge in [-0.15, -0.1) is 0 Å². The summed E-state index contributed by atoms with van der Waals surface area (Å²) in [5, 5.41) is 5.38. The van der Waals surface area contributed by atoms with Crippen LogP contribution in [0.15, 0.2) is 59.3 Å². The SMILES string of the molecule is Cc1noc(C)c1-c1ccc2c(C)cn(Cc3ccccc3)c2c1. The zero-order valence-electron chi connectivity index (χ0n) is 14.2. The van der Waals surface area contributed by atoms with Crippen molar-refractivity contribution in [3.8, 4) is 11.1 Å². The number of aryl methyl sites for hydroxylation is 3. The smallest absolute Gasteiger partial charge is 0.141 e. The van der Waals surface area contributed by atoms with Gasteiger partial charge in [0.05, 0.1) is 5.69 Å². The summed E-state index contributed by atoms with van der Waals surface area (Å²) in [5.41, 5.74) is 7.04. The molecule has 2 heterocycles. The molecule has 0 amide bonds. The number of benzene rings is 2. The normalized spacial score (nSPS) is 11.3. The van der Waals surface area contributed by atoms with E-state index in [1.54, 1.807) is 0 Å². The van der Waals surface area contributed by atoms with Gasteiger partial charge in [-0.05, 0) is 43.5 Å². The molecule has 4 aromatic rings. The molecule has 120 valence electrons. The van der Waals surface area contributed by atoms with E-state index >= 15 is 0 Å². The van der Waals surface area contributed by atoms with Gasteiger partial charge in [0.2, 0.25) is 0 Å². The summed E-state index contributed by atoms with van der Waals surface area (Å²) in [7, 11) is 0. The second kappa shape index (κ2) is 5.68. The Hall–Kier alpha value is -2.81. The molecule has 0 aliphatic heterocycles. The Labute approximate surface area is 141 Å². The summed E-state index contributed by atoms with van der Waals surface area (Å²) >= 11 is 0. The first kappa shape index (κ1) is 14.8. The second-order valence-corrected chi connectivity index (χ2v) is 6.36. The van der Waals surface area contributed by atoms with Crippen LogP contribution in [0.25, 0.3) is 22.0 Å². The summed E-state index contributed by atoms with van der Waals surface area (Å²) in [6.07, 6.45) is 2.23. The van der Waals surface area contributed by atoms with Gasteiger partial charge in [0.1, 0.15) is 5.76 Å². The van der Waals surface area contributed by atoms with Gasteiger partial charge in [-0.2, -0.15) is 0 Å². The highest BCUT2D eigenvalue weighted by atomic mass is 16.5. The van der Waals surface area contributed by atoms with Crippen LogP contribution in [-0.4, -0.2) is 9.72 Å². The third-order valence-electron chi connectivity index (χ3n) is 4.60. The van der Waals surface area contributed by atoms with Crippen molar-refractivity contribution >= 4 is 10.9 Å². The van der Waals surface area contributed by atoms with Crippen LogP contribution in [0, 0.1) is 20.8 Å². The summed E-state index contributed by atoms with van der Waals surface area (Å²) in [6, 6.07) is 17.2. The summed E-state index contributed by atoms with van der Waals surface area (Å²) in [6.45, 7) is 6.99. The van der Waals surface area contributed by atoms with E-state index in [1.807, 2.05) is 13.8 Å². The van der Waals surface area contributed by atoms with Crippen molar-refractivity contribution in [2.75, 3.05) is 0 Å². The molecular formula is C21H20N2O. The molecule has 0 fully saturated rings. The lowest BCUT2D eigenvalue weighted by atomic mass is 10.0. The van der Waals surface area contributed by atoms with Crippen LogP contribution in [0.3, 0.4) is 0 Å². The third kappa shape index (κ3) is 2.42. The highest BCUT2D eigenvalue weighted by Crippen LogP contribution is 2.31.